The Morgan fingerprint density at radius 1 is 1.21 bits per heavy atom. The van der Waals surface area contributed by atoms with Crippen molar-refractivity contribution < 1.29 is 9.26 Å². The summed E-state index contributed by atoms with van der Waals surface area (Å²) in [4.78, 5) is 15.9. The van der Waals surface area contributed by atoms with Crippen molar-refractivity contribution in [3.8, 4) is 23.3 Å². The Labute approximate surface area is 226 Å². The number of thiophene rings is 1. The van der Waals surface area contributed by atoms with E-state index in [1.165, 1.54) is 11.3 Å². The molecule has 0 saturated carbocycles. The third kappa shape index (κ3) is 3.41. The van der Waals surface area contributed by atoms with Gasteiger partial charge in [0.1, 0.15) is 17.7 Å². The number of fused-ring (bicyclic) bond motifs is 5. The smallest absolute Gasteiger partial charge is 0.184 e. The van der Waals surface area contributed by atoms with Gasteiger partial charge in [0.2, 0.25) is 0 Å². The molecule has 7 rings (SSSR count). The summed E-state index contributed by atoms with van der Waals surface area (Å²) in [5.74, 6) is 3.05. The minimum Gasteiger partial charge on any atom is -0.486 e. The lowest BCUT2D eigenvalue weighted by atomic mass is 9.63. The number of ether oxygens (including phenoxy) is 1. The average Bonchev–Trinajstić information content (AvgIpc) is 3.52. The molecule has 1 spiro atoms. The number of hydrogen-bond donors (Lipinski definition) is 1. The molecule has 4 aliphatic rings. The van der Waals surface area contributed by atoms with Gasteiger partial charge in [0.15, 0.2) is 28.8 Å². The lowest BCUT2D eigenvalue weighted by Crippen LogP contribution is -2.55. The number of likely N-dealkylation sites (N-methyl/N-ethyl adjacent to an activating group) is 1. The van der Waals surface area contributed by atoms with Crippen LogP contribution in [0, 0.1) is 11.3 Å². The quantitative estimate of drug-likeness (QED) is 0.517. The predicted molar refractivity (Wildman–Crippen MR) is 146 cm³/mol. The van der Waals surface area contributed by atoms with Crippen molar-refractivity contribution in [2.24, 2.45) is 0 Å². The molecule has 198 valence electrons. The summed E-state index contributed by atoms with van der Waals surface area (Å²) >= 11 is 1.56. The van der Waals surface area contributed by atoms with Gasteiger partial charge in [0, 0.05) is 22.5 Å². The Balaban J connectivity index is 1.31. The normalized spacial score (nSPS) is 26.8. The Hall–Kier alpha value is -3.16. The molecule has 9 nitrogen and oxygen atoms in total. The highest BCUT2D eigenvalue weighted by Gasteiger charge is 2.49. The van der Waals surface area contributed by atoms with E-state index in [-0.39, 0.29) is 5.41 Å². The molecule has 2 aliphatic carbocycles. The topological polar surface area (TPSA) is 117 Å². The number of likely N-dealkylation sites (tertiary alicyclic amines) is 1. The largest absolute Gasteiger partial charge is 0.486 e. The summed E-state index contributed by atoms with van der Waals surface area (Å²) in [6.07, 6.45) is 9.84. The molecule has 1 fully saturated rings. The molecular weight excluding hydrogens is 498 g/mol. The summed E-state index contributed by atoms with van der Waals surface area (Å²) in [7, 11) is 2.20. The number of aryl methyl sites for hydroxylation is 1. The van der Waals surface area contributed by atoms with E-state index in [1.807, 2.05) is 0 Å². The van der Waals surface area contributed by atoms with E-state index in [2.05, 4.69) is 35.0 Å². The van der Waals surface area contributed by atoms with Crippen molar-refractivity contribution in [3.05, 3.63) is 33.5 Å². The van der Waals surface area contributed by atoms with Gasteiger partial charge < -0.3 is 24.8 Å². The highest BCUT2D eigenvalue weighted by atomic mass is 32.1. The van der Waals surface area contributed by atoms with E-state index in [9.17, 15) is 5.26 Å². The Bertz CT molecular complexity index is 1440. The van der Waals surface area contributed by atoms with E-state index >= 15 is 0 Å². The maximum Gasteiger partial charge on any atom is 0.184 e. The minimum absolute atomic E-state index is 0.350. The summed E-state index contributed by atoms with van der Waals surface area (Å²) < 4.78 is 12.2. The lowest BCUT2D eigenvalue weighted by Gasteiger charge is -2.45. The fraction of sp³-hybridized carbons (Fsp3) is 0.571. The van der Waals surface area contributed by atoms with Crippen molar-refractivity contribution in [2.75, 3.05) is 37.4 Å². The number of aromatic nitrogens is 3. The molecule has 3 atom stereocenters. The molecule has 2 aliphatic heterocycles. The zero-order chi connectivity index (χ0) is 26.0. The van der Waals surface area contributed by atoms with E-state index < -0.39 is 0 Å². The summed E-state index contributed by atoms with van der Waals surface area (Å²) in [6, 6.07) is 3.21. The SMILES string of the molecule is C[C@@H]1[C@H](N2CCOc3cnc(-c4noc5c4CCC[C@@]54CCCc5sc(N)c(C#N)c54)nc32)CCCN1C. The molecule has 38 heavy (non-hydrogen) atoms. The number of nitrogen functional groups attached to an aromatic ring is 1. The molecule has 0 bridgehead atoms. The zero-order valence-electron chi connectivity index (χ0n) is 22.0. The van der Waals surface area contributed by atoms with Crippen LogP contribution in [0.15, 0.2) is 10.7 Å². The number of nitriles is 1. The Morgan fingerprint density at radius 2 is 2.05 bits per heavy atom. The molecule has 0 radical (unpaired) electrons. The summed E-state index contributed by atoms with van der Waals surface area (Å²) in [5.41, 5.74) is 9.46. The zero-order valence-corrected chi connectivity index (χ0v) is 22.8. The van der Waals surface area contributed by atoms with Crippen LogP contribution in [0.4, 0.5) is 10.8 Å². The van der Waals surface area contributed by atoms with Gasteiger partial charge in [0.05, 0.1) is 23.7 Å². The van der Waals surface area contributed by atoms with Gasteiger partial charge in [-0.15, -0.1) is 11.3 Å². The first kappa shape index (κ1) is 23.9. The fourth-order valence-corrected chi connectivity index (χ4v) is 8.55. The number of piperidine rings is 1. The van der Waals surface area contributed by atoms with Crippen LogP contribution in [-0.2, 0) is 18.3 Å². The van der Waals surface area contributed by atoms with Crippen LogP contribution in [0.3, 0.4) is 0 Å². The summed E-state index contributed by atoms with van der Waals surface area (Å²) in [6.45, 7) is 4.88. The number of anilines is 2. The van der Waals surface area contributed by atoms with Gasteiger partial charge in [-0.3, -0.25) is 0 Å². The average molecular weight is 532 g/mol. The maximum absolute atomic E-state index is 9.98. The van der Waals surface area contributed by atoms with Gasteiger partial charge in [-0.25, -0.2) is 9.97 Å². The second-order valence-electron chi connectivity index (χ2n) is 11.2. The van der Waals surface area contributed by atoms with Crippen molar-refractivity contribution in [1.29, 1.82) is 5.26 Å². The van der Waals surface area contributed by atoms with E-state index in [4.69, 9.17) is 25.0 Å². The first-order chi connectivity index (χ1) is 18.5. The monoisotopic (exact) mass is 531 g/mol. The molecule has 0 aromatic carbocycles. The van der Waals surface area contributed by atoms with E-state index in [1.54, 1.807) is 17.5 Å². The molecule has 0 amide bonds. The number of nitrogens with zero attached hydrogens (tertiary/aromatic N) is 6. The number of rotatable bonds is 2. The van der Waals surface area contributed by atoms with Crippen LogP contribution in [-0.4, -0.2) is 58.9 Å². The highest BCUT2D eigenvalue weighted by Crippen LogP contribution is 2.55. The van der Waals surface area contributed by atoms with Crippen molar-refractivity contribution in [2.45, 2.75) is 75.8 Å². The third-order valence-electron chi connectivity index (χ3n) is 9.33. The number of hydrogen-bond acceptors (Lipinski definition) is 10. The lowest BCUT2D eigenvalue weighted by molar-refractivity contribution is 0.162. The molecule has 5 heterocycles. The van der Waals surface area contributed by atoms with Gasteiger partial charge in [-0.05, 0) is 77.4 Å². The number of nitrogens with two attached hydrogens (primary N) is 1. The van der Waals surface area contributed by atoms with Crippen LogP contribution >= 0.6 is 11.3 Å². The van der Waals surface area contributed by atoms with Crippen LogP contribution < -0.4 is 15.4 Å². The molecule has 10 heteroatoms. The first-order valence-electron chi connectivity index (χ1n) is 13.8. The molecule has 1 saturated heterocycles. The first-order valence-corrected chi connectivity index (χ1v) is 14.6. The van der Waals surface area contributed by atoms with Crippen molar-refractivity contribution >= 4 is 22.2 Å². The molecule has 0 unspecified atom stereocenters. The van der Waals surface area contributed by atoms with Gasteiger partial charge in [0.25, 0.3) is 0 Å². The van der Waals surface area contributed by atoms with Crippen molar-refractivity contribution in [1.82, 2.24) is 20.0 Å². The van der Waals surface area contributed by atoms with E-state index in [0.717, 1.165) is 92.2 Å². The Morgan fingerprint density at radius 3 is 2.89 bits per heavy atom. The molecular formula is C28H33N7O2S. The standard InChI is InChI=1S/C28H33N7O2S/c1-16-19(7-5-11-34(16)2)35-12-13-36-20-15-31-26(32-27(20)35)23-17-6-3-9-28(24(17)37-33-23)10-4-8-21-22(28)18(14-29)25(30)38-21/h15-16,19H,3-13,30H2,1-2H3/t16-,19-,28+/m1/s1. The predicted octanol–water partition coefficient (Wildman–Crippen LogP) is 4.29. The molecule has 2 N–H and O–H groups in total. The second-order valence-corrected chi connectivity index (χ2v) is 12.4. The third-order valence-corrected chi connectivity index (χ3v) is 10.4. The highest BCUT2D eigenvalue weighted by molar-refractivity contribution is 7.16. The minimum atomic E-state index is -0.350. The Kier molecular flexibility index (Phi) is 5.64. The van der Waals surface area contributed by atoms with Crippen LogP contribution in [0.5, 0.6) is 5.75 Å². The molecule has 3 aromatic heterocycles. The van der Waals surface area contributed by atoms with Crippen LogP contribution in [0.2, 0.25) is 0 Å². The van der Waals surface area contributed by atoms with Gasteiger partial charge >= 0.3 is 0 Å². The van der Waals surface area contributed by atoms with E-state index in [0.29, 0.717) is 35.1 Å². The van der Waals surface area contributed by atoms with Crippen molar-refractivity contribution in [3.63, 3.8) is 0 Å². The van der Waals surface area contributed by atoms with Gasteiger partial charge in [-0.1, -0.05) is 5.16 Å². The van der Waals surface area contributed by atoms with Gasteiger partial charge in [-0.2, -0.15) is 5.26 Å². The fourth-order valence-electron chi connectivity index (χ4n) is 7.39. The summed E-state index contributed by atoms with van der Waals surface area (Å²) in [5, 5.41) is 15.2. The van der Waals surface area contributed by atoms with Crippen LogP contribution in [0.25, 0.3) is 11.5 Å². The molecule has 3 aromatic rings. The maximum atomic E-state index is 9.98. The van der Waals surface area contributed by atoms with Crippen LogP contribution in [0.1, 0.15) is 72.8 Å². The second kappa shape index (κ2) is 8.95.